The van der Waals surface area contributed by atoms with Crippen LogP contribution in [0.4, 0.5) is 17.5 Å². The van der Waals surface area contributed by atoms with Gasteiger partial charge in [-0.1, -0.05) is 19.3 Å². The van der Waals surface area contributed by atoms with Crippen molar-refractivity contribution >= 4 is 23.4 Å². The Labute approximate surface area is 189 Å². The number of benzene rings is 1. The van der Waals surface area contributed by atoms with E-state index in [1.807, 2.05) is 0 Å². The van der Waals surface area contributed by atoms with E-state index in [2.05, 4.69) is 51.6 Å². The van der Waals surface area contributed by atoms with E-state index in [1.165, 1.54) is 49.4 Å². The highest BCUT2D eigenvalue weighted by Gasteiger charge is 2.23. The second kappa shape index (κ2) is 9.73. The van der Waals surface area contributed by atoms with E-state index in [0.29, 0.717) is 23.2 Å². The lowest BCUT2D eigenvalue weighted by Crippen LogP contribution is -2.29. The van der Waals surface area contributed by atoms with E-state index in [9.17, 15) is 4.79 Å². The minimum atomic E-state index is -0.538. The number of primary amides is 1. The predicted octanol–water partition coefficient (Wildman–Crippen LogP) is 3.70. The molecule has 1 amide bonds. The van der Waals surface area contributed by atoms with Crippen molar-refractivity contribution in [2.75, 3.05) is 31.3 Å². The first-order chi connectivity index (χ1) is 15.4. The average molecular weight is 439 g/mol. The molecule has 1 aliphatic heterocycles. The van der Waals surface area contributed by atoms with Crippen LogP contribution in [0.15, 0.2) is 18.3 Å². The summed E-state index contributed by atoms with van der Waals surface area (Å²) < 4.78 is 5.63. The summed E-state index contributed by atoms with van der Waals surface area (Å²) in [5, 5.41) is 6.73. The number of nitrogens with one attached hydrogen (secondary N) is 2. The van der Waals surface area contributed by atoms with Gasteiger partial charge in [0.1, 0.15) is 11.6 Å². The minimum absolute atomic E-state index is 0.199. The van der Waals surface area contributed by atoms with Crippen LogP contribution in [-0.4, -0.2) is 47.5 Å². The fourth-order valence-electron chi connectivity index (χ4n) is 4.81. The van der Waals surface area contributed by atoms with Crippen LogP contribution in [0, 0.1) is 5.92 Å². The van der Waals surface area contributed by atoms with Gasteiger partial charge in [-0.15, -0.1) is 0 Å². The summed E-state index contributed by atoms with van der Waals surface area (Å²) in [6.07, 6.45) is 8.68. The SMILES string of the molecule is COc1cc2c(cc1Nc1ncc(C(N)=O)c(N[C@H](C)C3CCCCC3)n1)CN(C)CC2. The monoisotopic (exact) mass is 438 g/mol. The van der Waals surface area contributed by atoms with Gasteiger partial charge in [0, 0.05) is 25.3 Å². The van der Waals surface area contributed by atoms with Crippen LogP contribution in [0.2, 0.25) is 0 Å². The van der Waals surface area contributed by atoms with E-state index in [0.717, 1.165) is 30.9 Å². The van der Waals surface area contributed by atoms with E-state index >= 15 is 0 Å². The number of amides is 1. The number of nitrogens with two attached hydrogens (primary N) is 1. The molecule has 172 valence electrons. The van der Waals surface area contributed by atoms with Gasteiger partial charge in [-0.05, 0) is 62.4 Å². The molecule has 2 heterocycles. The lowest BCUT2D eigenvalue weighted by molar-refractivity contribution is 0.100. The van der Waals surface area contributed by atoms with Crippen LogP contribution >= 0.6 is 0 Å². The quantitative estimate of drug-likeness (QED) is 0.605. The van der Waals surface area contributed by atoms with Gasteiger partial charge >= 0.3 is 0 Å². The van der Waals surface area contributed by atoms with Crippen molar-refractivity contribution in [3.63, 3.8) is 0 Å². The van der Waals surface area contributed by atoms with Crippen LogP contribution in [-0.2, 0) is 13.0 Å². The van der Waals surface area contributed by atoms with Gasteiger partial charge in [-0.2, -0.15) is 4.98 Å². The summed E-state index contributed by atoms with van der Waals surface area (Å²) >= 11 is 0. The molecule has 8 nitrogen and oxygen atoms in total. The van der Waals surface area contributed by atoms with Crippen molar-refractivity contribution in [2.24, 2.45) is 11.7 Å². The minimum Gasteiger partial charge on any atom is -0.495 e. The zero-order valence-electron chi connectivity index (χ0n) is 19.3. The highest BCUT2D eigenvalue weighted by atomic mass is 16.5. The standard InChI is InChI=1S/C24H34N6O2/c1-15(16-7-5-4-6-8-16)27-23-19(22(25)31)13-26-24(29-23)28-20-11-18-14-30(2)10-9-17(18)12-21(20)32-3/h11-13,15-16H,4-10,14H2,1-3H3,(H2,25,31)(H2,26,27,28,29)/t15-/m1/s1. The van der Waals surface area contributed by atoms with Gasteiger partial charge in [-0.3, -0.25) is 4.79 Å². The van der Waals surface area contributed by atoms with Crippen LogP contribution in [0.1, 0.15) is 60.5 Å². The molecule has 0 unspecified atom stereocenters. The van der Waals surface area contributed by atoms with E-state index < -0.39 is 5.91 Å². The van der Waals surface area contributed by atoms with Crippen molar-refractivity contribution in [3.8, 4) is 5.75 Å². The summed E-state index contributed by atoms with van der Waals surface area (Å²) in [4.78, 5) is 23.3. The normalized spacial score (nSPS) is 18.0. The fraction of sp³-hybridized carbons (Fsp3) is 0.542. The van der Waals surface area contributed by atoms with Crippen molar-refractivity contribution in [3.05, 3.63) is 35.0 Å². The number of hydrogen-bond acceptors (Lipinski definition) is 7. The molecule has 1 aromatic heterocycles. The van der Waals surface area contributed by atoms with Crippen LogP contribution in [0.5, 0.6) is 5.75 Å². The maximum Gasteiger partial charge on any atom is 0.254 e. The lowest BCUT2D eigenvalue weighted by atomic mass is 9.84. The Balaban J connectivity index is 1.59. The number of anilines is 3. The molecule has 0 bridgehead atoms. The van der Waals surface area contributed by atoms with Gasteiger partial charge in [0.2, 0.25) is 5.95 Å². The molecule has 0 spiro atoms. The second-order valence-electron chi connectivity index (χ2n) is 9.09. The molecule has 32 heavy (non-hydrogen) atoms. The molecule has 1 fully saturated rings. The van der Waals surface area contributed by atoms with Crippen LogP contribution < -0.4 is 21.1 Å². The number of fused-ring (bicyclic) bond motifs is 1. The molecule has 8 heteroatoms. The number of likely N-dealkylation sites (N-methyl/N-ethyl adjacent to an activating group) is 1. The Morgan fingerprint density at radius 2 is 2.03 bits per heavy atom. The number of hydrogen-bond donors (Lipinski definition) is 3. The molecule has 1 aromatic carbocycles. The van der Waals surface area contributed by atoms with Crippen molar-refractivity contribution < 1.29 is 9.53 Å². The summed E-state index contributed by atoms with van der Waals surface area (Å²) in [5.41, 5.74) is 9.28. The third-order valence-corrected chi connectivity index (χ3v) is 6.75. The average Bonchev–Trinajstić information content (AvgIpc) is 2.79. The van der Waals surface area contributed by atoms with E-state index in [-0.39, 0.29) is 6.04 Å². The molecule has 2 aromatic rings. The van der Waals surface area contributed by atoms with Gasteiger partial charge in [0.15, 0.2) is 0 Å². The molecule has 0 radical (unpaired) electrons. The van der Waals surface area contributed by atoms with Crippen LogP contribution in [0.3, 0.4) is 0 Å². The topological polar surface area (TPSA) is 105 Å². The van der Waals surface area contributed by atoms with Gasteiger partial charge in [-0.25, -0.2) is 4.98 Å². The number of nitrogens with zero attached hydrogens (tertiary/aromatic N) is 3. The first-order valence-corrected chi connectivity index (χ1v) is 11.5. The number of carbonyl (C=O) groups excluding carboxylic acids is 1. The second-order valence-corrected chi connectivity index (χ2v) is 9.09. The zero-order chi connectivity index (χ0) is 22.7. The third-order valence-electron chi connectivity index (χ3n) is 6.75. The lowest BCUT2D eigenvalue weighted by Gasteiger charge is -2.29. The fourth-order valence-corrected chi connectivity index (χ4v) is 4.81. The van der Waals surface area contributed by atoms with Gasteiger partial charge in [0.25, 0.3) is 5.91 Å². The number of methoxy groups -OCH3 is 1. The van der Waals surface area contributed by atoms with E-state index in [1.54, 1.807) is 7.11 Å². The van der Waals surface area contributed by atoms with E-state index in [4.69, 9.17) is 10.5 Å². The number of ether oxygens (including phenoxy) is 1. The Morgan fingerprint density at radius 1 is 1.25 bits per heavy atom. The van der Waals surface area contributed by atoms with Crippen molar-refractivity contribution in [2.45, 2.75) is 58.0 Å². The Hall–Kier alpha value is -2.87. The Morgan fingerprint density at radius 3 is 2.75 bits per heavy atom. The number of rotatable bonds is 7. The largest absolute Gasteiger partial charge is 0.495 e. The molecular weight excluding hydrogens is 404 g/mol. The number of aromatic nitrogens is 2. The summed E-state index contributed by atoms with van der Waals surface area (Å²) in [5.74, 6) is 1.65. The summed E-state index contributed by atoms with van der Waals surface area (Å²) in [6.45, 7) is 4.08. The Kier molecular flexibility index (Phi) is 6.79. The highest BCUT2D eigenvalue weighted by Crippen LogP contribution is 2.33. The molecule has 4 N–H and O–H groups in total. The Bertz CT molecular complexity index is 973. The first kappa shape index (κ1) is 22.3. The molecule has 2 aliphatic rings. The maximum atomic E-state index is 12.0. The summed E-state index contributed by atoms with van der Waals surface area (Å²) in [7, 11) is 3.79. The van der Waals surface area contributed by atoms with Crippen LogP contribution in [0.25, 0.3) is 0 Å². The molecule has 1 aliphatic carbocycles. The highest BCUT2D eigenvalue weighted by molar-refractivity contribution is 5.97. The first-order valence-electron chi connectivity index (χ1n) is 11.5. The number of carbonyl (C=O) groups is 1. The molecular formula is C24H34N6O2. The summed E-state index contributed by atoms with van der Waals surface area (Å²) in [6, 6.07) is 4.39. The third kappa shape index (κ3) is 4.96. The molecule has 4 rings (SSSR count). The molecule has 0 saturated heterocycles. The smallest absolute Gasteiger partial charge is 0.254 e. The molecule has 1 atom stereocenters. The molecule has 1 saturated carbocycles. The zero-order valence-corrected chi connectivity index (χ0v) is 19.3. The van der Waals surface area contributed by atoms with Gasteiger partial charge in [0.05, 0.1) is 18.4 Å². The van der Waals surface area contributed by atoms with Gasteiger partial charge < -0.3 is 26.0 Å². The van der Waals surface area contributed by atoms with Crippen molar-refractivity contribution in [1.29, 1.82) is 0 Å². The van der Waals surface area contributed by atoms with Crippen molar-refractivity contribution in [1.82, 2.24) is 14.9 Å². The maximum absolute atomic E-state index is 12.0. The predicted molar refractivity (Wildman–Crippen MR) is 127 cm³/mol.